The van der Waals surface area contributed by atoms with Crippen molar-refractivity contribution in [3.8, 4) is 5.75 Å². The quantitative estimate of drug-likeness (QED) is 0.913. The number of hydrogen-bond donors (Lipinski definition) is 1. The molecule has 2 atom stereocenters. The van der Waals surface area contributed by atoms with E-state index in [0.717, 1.165) is 30.8 Å². The van der Waals surface area contributed by atoms with Gasteiger partial charge in [-0.3, -0.25) is 4.79 Å². The average molecular weight is 345 g/mol. The molecule has 0 radical (unpaired) electrons. The number of hydrogen-bond acceptors (Lipinski definition) is 3. The SMILES string of the molecule is CCOc1ccc(N2C[C@@H](NC(=O)N3CCCC[C@@H]3C)CC2=O)cc1. The number of benzene rings is 1. The summed E-state index contributed by atoms with van der Waals surface area (Å²) >= 11 is 0. The number of likely N-dealkylation sites (tertiary alicyclic amines) is 1. The zero-order valence-corrected chi connectivity index (χ0v) is 15.0. The molecule has 2 saturated heterocycles. The van der Waals surface area contributed by atoms with Crippen molar-refractivity contribution in [1.29, 1.82) is 0 Å². The Hall–Kier alpha value is -2.24. The van der Waals surface area contributed by atoms with Gasteiger partial charge in [0, 0.05) is 31.2 Å². The summed E-state index contributed by atoms with van der Waals surface area (Å²) in [7, 11) is 0. The number of ether oxygens (including phenoxy) is 1. The minimum atomic E-state index is -0.138. The standard InChI is InChI=1S/C19H27N3O3/c1-3-25-17-9-7-16(8-10-17)22-13-15(12-18(22)23)20-19(24)21-11-5-4-6-14(21)2/h7-10,14-15H,3-6,11-13H2,1-2H3,(H,20,24)/t14-,15-/m0/s1. The number of carbonyl (C=O) groups excluding carboxylic acids is 2. The molecule has 2 aliphatic heterocycles. The van der Waals surface area contributed by atoms with Crippen molar-refractivity contribution in [1.82, 2.24) is 10.2 Å². The van der Waals surface area contributed by atoms with Crippen molar-refractivity contribution >= 4 is 17.6 Å². The Kier molecular flexibility index (Phi) is 5.46. The number of carbonyl (C=O) groups is 2. The summed E-state index contributed by atoms with van der Waals surface area (Å²) in [5.41, 5.74) is 0.844. The van der Waals surface area contributed by atoms with Gasteiger partial charge >= 0.3 is 6.03 Å². The lowest BCUT2D eigenvalue weighted by atomic mass is 10.0. The van der Waals surface area contributed by atoms with Gasteiger partial charge in [-0.05, 0) is 57.4 Å². The van der Waals surface area contributed by atoms with Crippen molar-refractivity contribution in [3.05, 3.63) is 24.3 Å². The molecule has 25 heavy (non-hydrogen) atoms. The van der Waals surface area contributed by atoms with Crippen LogP contribution < -0.4 is 15.0 Å². The maximum Gasteiger partial charge on any atom is 0.317 e. The summed E-state index contributed by atoms with van der Waals surface area (Å²) in [5, 5.41) is 3.04. The number of rotatable bonds is 4. The summed E-state index contributed by atoms with van der Waals surface area (Å²) in [6, 6.07) is 7.60. The Morgan fingerprint density at radius 2 is 2.04 bits per heavy atom. The predicted molar refractivity (Wildman–Crippen MR) is 96.9 cm³/mol. The Balaban J connectivity index is 1.59. The van der Waals surface area contributed by atoms with Gasteiger partial charge in [0.2, 0.25) is 5.91 Å². The van der Waals surface area contributed by atoms with Gasteiger partial charge in [-0.15, -0.1) is 0 Å². The van der Waals surface area contributed by atoms with E-state index in [-0.39, 0.29) is 24.0 Å². The zero-order valence-electron chi connectivity index (χ0n) is 15.0. The largest absolute Gasteiger partial charge is 0.494 e. The van der Waals surface area contributed by atoms with Crippen LogP contribution in [0.4, 0.5) is 10.5 Å². The van der Waals surface area contributed by atoms with Crippen molar-refractivity contribution in [2.75, 3.05) is 24.6 Å². The van der Waals surface area contributed by atoms with Crippen LogP contribution >= 0.6 is 0 Å². The molecule has 6 heteroatoms. The molecule has 2 heterocycles. The first-order valence-corrected chi connectivity index (χ1v) is 9.19. The minimum absolute atomic E-state index is 0.0427. The maximum absolute atomic E-state index is 12.5. The Morgan fingerprint density at radius 1 is 1.28 bits per heavy atom. The van der Waals surface area contributed by atoms with Gasteiger partial charge in [-0.1, -0.05) is 0 Å². The minimum Gasteiger partial charge on any atom is -0.494 e. The van der Waals surface area contributed by atoms with Crippen LogP contribution in [0.25, 0.3) is 0 Å². The summed E-state index contributed by atoms with van der Waals surface area (Å²) in [5.74, 6) is 0.836. The van der Waals surface area contributed by atoms with Crippen molar-refractivity contribution in [2.24, 2.45) is 0 Å². The van der Waals surface area contributed by atoms with Crippen LogP contribution in [0.1, 0.15) is 39.5 Å². The van der Waals surface area contributed by atoms with Crippen LogP contribution in [-0.2, 0) is 4.79 Å². The summed E-state index contributed by atoms with van der Waals surface area (Å²) in [6.07, 6.45) is 3.63. The molecule has 1 aromatic rings. The highest BCUT2D eigenvalue weighted by Gasteiger charge is 2.33. The average Bonchev–Trinajstić information content (AvgIpc) is 2.96. The first-order valence-electron chi connectivity index (χ1n) is 9.19. The second kappa shape index (κ2) is 7.76. The van der Waals surface area contributed by atoms with E-state index in [9.17, 15) is 9.59 Å². The monoisotopic (exact) mass is 345 g/mol. The van der Waals surface area contributed by atoms with Crippen LogP contribution in [0.15, 0.2) is 24.3 Å². The van der Waals surface area contributed by atoms with Gasteiger partial charge in [-0.25, -0.2) is 4.79 Å². The van der Waals surface area contributed by atoms with Crippen LogP contribution in [0.5, 0.6) is 5.75 Å². The third kappa shape index (κ3) is 4.06. The Bertz CT molecular complexity index is 617. The number of anilines is 1. The fraction of sp³-hybridized carbons (Fsp3) is 0.579. The molecule has 0 spiro atoms. The molecule has 3 amide bonds. The van der Waals surface area contributed by atoms with Crippen molar-refractivity contribution in [2.45, 2.75) is 51.6 Å². The topological polar surface area (TPSA) is 61.9 Å². The lowest BCUT2D eigenvalue weighted by Crippen LogP contribution is -2.50. The number of piperidine rings is 1. The van der Waals surface area contributed by atoms with E-state index >= 15 is 0 Å². The second-order valence-corrected chi connectivity index (χ2v) is 6.82. The molecule has 1 aromatic carbocycles. The molecule has 2 fully saturated rings. The smallest absolute Gasteiger partial charge is 0.317 e. The molecular weight excluding hydrogens is 318 g/mol. The molecule has 2 aliphatic rings. The fourth-order valence-corrected chi connectivity index (χ4v) is 3.60. The number of urea groups is 1. The third-order valence-corrected chi connectivity index (χ3v) is 4.98. The second-order valence-electron chi connectivity index (χ2n) is 6.82. The van der Waals surface area contributed by atoms with Gasteiger partial charge in [0.05, 0.1) is 12.6 Å². The third-order valence-electron chi connectivity index (χ3n) is 4.98. The van der Waals surface area contributed by atoms with Crippen LogP contribution in [0, 0.1) is 0 Å². The van der Waals surface area contributed by atoms with E-state index in [1.807, 2.05) is 36.1 Å². The van der Waals surface area contributed by atoms with E-state index in [2.05, 4.69) is 12.2 Å². The molecular formula is C19H27N3O3. The van der Waals surface area contributed by atoms with Gasteiger partial charge in [0.25, 0.3) is 0 Å². The van der Waals surface area contributed by atoms with E-state index < -0.39 is 0 Å². The molecule has 1 N–H and O–H groups in total. The summed E-state index contributed by atoms with van der Waals surface area (Å²) in [6.45, 7) is 5.96. The maximum atomic E-state index is 12.5. The van der Waals surface area contributed by atoms with E-state index in [1.54, 1.807) is 4.90 Å². The van der Waals surface area contributed by atoms with E-state index in [4.69, 9.17) is 4.74 Å². The Morgan fingerprint density at radius 3 is 2.72 bits per heavy atom. The van der Waals surface area contributed by atoms with Crippen LogP contribution in [0.2, 0.25) is 0 Å². The van der Waals surface area contributed by atoms with Crippen molar-refractivity contribution < 1.29 is 14.3 Å². The number of nitrogens with zero attached hydrogens (tertiary/aromatic N) is 2. The summed E-state index contributed by atoms with van der Waals surface area (Å²) in [4.78, 5) is 28.5. The van der Waals surface area contributed by atoms with Crippen molar-refractivity contribution in [3.63, 3.8) is 0 Å². The predicted octanol–water partition coefficient (Wildman–Crippen LogP) is 2.77. The number of nitrogens with one attached hydrogen (secondary N) is 1. The lowest BCUT2D eigenvalue weighted by Gasteiger charge is -2.34. The molecule has 0 bridgehead atoms. The molecule has 3 rings (SSSR count). The van der Waals surface area contributed by atoms with Crippen LogP contribution in [-0.4, -0.2) is 48.6 Å². The molecule has 0 unspecified atom stereocenters. The highest BCUT2D eigenvalue weighted by Crippen LogP contribution is 2.25. The zero-order chi connectivity index (χ0) is 17.8. The molecule has 0 aromatic heterocycles. The van der Waals surface area contributed by atoms with Gasteiger partial charge < -0.3 is 19.9 Å². The van der Waals surface area contributed by atoms with Gasteiger partial charge in [0.1, 0.15) is 5.75 Å². The van der Waals surface area contributed by atoms with Crippen LogP contribution in [0.3, 0.4) is 0 Å². The van der Waals surface area contributed by atoms with E-state index in [1.165, 1.54) is 6.42 Å². The van der Waals surface area contributed by atoms with Gasteiger partial charge in [0.15, 0.2) is 0 Å². The van der Waals surface area contributed by atoms with E-state index in [0.29, 0.717) is 19.6 Å². The molecule has 6 nitrogen and oxygen atoms in total. The highest BCUT2D eigenvalue weighted by atomic mass is 16.5. The first-order chi connectivity index (χ1) is 12.1. The first kappa shape index (κ1) is 17.6. The molecule has 136 valence electrons. The normalized spacial score (nSPS) is 23.7. The lowest BCUT2D eigenvalue weighted by molar-refractivity contribution is -0.117. The summed E-state index contributed by atoms with van der Waals surface area (Å²) < 4.78 is 5.44. The number of amides is 3. The molecule has 0 aliphatic carbocycles. The molecule has 0 saturated carbocycles. The highest BCUT2D eigenvalue weighted by molar-refractivity contribution is 5.96. The van der Waals surface area contributed by atoms with Gasteiger partial charge in [-0.2, -0.15) is 0 Å². The fourth-order valence-electron chi connectivity index (χ4n) is 3.60. The Labute approximate surface area is 149 Å².